The van der Waals surface area contributed by atoms with E-state index in [0.717, 1.165) is 17.7 Å². The van der Waals surface area contributed by atoms with E-state index in [0.29, 0.717) is 34.4 Å². The van der Waals surface area contributed by atoms with Gasteiger partial charge in [-0.25, -0.2) is 4.98 Å². The Morgan fingerprint density at radius 1 is 0.935 bits per heavy atom. The molecule has 2 aromatic carbocycles. The molecule has 31 heavy (non-hydrogen) atoms. The van der Waals surface area contributed by atoms with E-state index in [-0.39, 0.29) is 5.91 Å². The molecule has 4 aromatic rings. The van der Waals surface area contributed by atoms with Crippen molar-refractivity contribution in [2.24, 2.45) is 0 Å². The lowest BCUT2D eigenvalue weighted by molar-refractivity contribution is 0.0963. The molecule has 0 aliphatic heterocycles. The summed E-state index contributed by atoms with van der Waals surface area (Å²) in [6.45, 7) is 2.64. The lowest BCUT2D eigenvalue weighted by atomic mass is 10.1. The van der Waals surface area contributed by atoms with E-state index >= 15 is 0 Å². The first kappa shape index (κ1) is 20.4. The molecule has 0 spiro atoms. The molecule has 8 heteroatoms. The predicted molar refractivity (Wildman–Crippen MR) is 117 cm³/mol. The monoisotopic (exact) mass is 414 g/mol. The zero-order valence-electron chi connectivity index (χ0n) is 17.5. The number of carbonyl (C=O) groups excluding carboxylic acids is 1. The minimum atomic E-state index is -0.139. The maximum absolute atomic E-state index is 11.7. The highest BCUT2D eigenvalue weighted by molar-refractivity contribution is 5.94. The third-order valence-electron chi connectivity index (χ3n) is 4.83. The van der Waals surface area contributed by atoms with E-state index in [2.05, 4.69) is 30.8 Å². The van der Waals surface area contributed by atoms with Crippen LogP contribution in [-0.2, 0) is 6.54 Å². The number of hydrogen-bond donors (Lipinski definition) is 2. The molecule has 0 unspecified atom stereocenters. The van der Waals surface area contributed by atoms with Gasteiger partial charge >= 0.3 is 0 Å². The van der Waals surface area contributed by atoms with Gasteiger partial charge in [0.15, 0.2) is 0 Å². The summed E-state index contributed by atoms with van der Waals surface area (Å²) in [6, 6.07) is 15.1. The highest BCUT2D eigenvalue weighted by Crippen LogP contribution is 2.27. The fourth-order valence-corrected chi connectivity index (χ4v) is 3.13. The Kier molecular flexibility index (Phi) is 5.81. The van der Waals surface area contributed by atoms with Crippen LogP contribution < -0.4 is 10.6 Å². The van der Waals surface area contributed by atoms with Gasteiger partial charge in [0, 0.05) is 30.3 Å². The van der Waals surface area contributed by atoms with Gasteiger partial charge in [0.2, 0.25) is 5.89 Å². The van der Waals surface area contributed by atoms with Crippen LogP contribution in [0.1, 0.15) is 21.6 Å². The topological polar surface area (TPSA) is 106 Å². The Balaban J connectivity index is 1.62. The molecule has 156 valence electrons. The van der Waals surface area contributed by atoms with Crippen molar-refractivity contribution >= 4 is 5.91 Å². The molecule has 0 radical (unpaired) electrons. The highest BCUT2D eigenvalue weighted by Gasteiger charge is 2.16. The second kappa shape index (κ2) is 8.85. The van der Waals surface area contributed by atoms with E-state index in [1.807, 2.05) is 50.4 Å². The first-order chi connectivity index (χ1) is 15.1. The average Bonchev–Trinajstić information content (AvgIpc) is 3.30. The molecule has 4 rings (SSSR count). The molecule has 2 heterocycles. The fourth-order valence-electron chi connectivity index (χ4n) is 3.13. The number of nitrogens with one attached hydrogen (secondary N) is 2. The first-order valence-electron chi connectivity index (χ1n) is 9.83. The summed E-state index contributed by atoms with van der Waals surface area (Å²) in [4.78, 5) is 20.9. The van der Waals surface area contributed by atoms with Crippen LogP contribution in [0.5, 0.6) is 0 Å². The van der Waals surface area contributed by atoms with Crippen molar-refractivity contribution in [1.29, 1.82) is 0 Å². The first-order valence-corrected chi connectivity index (χ1v) is 9.83. The third kappa shape index (κ3) is 4.34. The van der Waals surface area contributed by atoms with Crippen LogP contribution in [0, 0.1) is 6.92 Å². The minimum Gasteiger partial charge on any atom is -0.415 e. The van der Waals surface area contributed by atoms with Crippen molar-refractivity contribution in [3.8, 4) is 34.3 Å². The second-order valence-electron chi connectivity index (χ2n) is 6.99. The van der Waals surface area contributed by atoms with Crippen LogP contribution in [0.2, 0.25) is 0 Å². The molecule has 0 saturated carbocycles. The maximum Gasteiger partial charge on any atom is 0.268 e. The van der Waals surface area contributed by atoms with Crippen molar-refractivity contribution in [3.63, 3.8) is 0 Å². The minimum absolute atomic E-state index is 0.139. The normalized spacial score (nSPS) is 10.8. The van der Waals surface area contributed by atoms with Crippen molar-refractivity contribution in [1.82, 2.24) is 30.8 Å². The zero-order valence-corrected chi connectivity index (χ0v) is 17.5. The quantitative estimate of drug-likeness (QED) is 0.499. The molecule has 2 N–H and O–H groups in total. The summed E-state index contributed by atoms with van der Waals surface area (Å²) >= 11 is 0. The van der Waals surface area contributed by atoms with Crippen LogP contribution in [0.3, 0.4) is 0 Å². The second-order valence-corrected chi connectivity index (χ2v) is 6.99. The van der Waals surface area contributed by atoms with Gasteiger partial charge in [0.05, 0.1) is 17.6 Å². The summed E-state index contributed by atoms with van der Waals surface area (Å²) in [5, 5.41) is 14.1. The van der Waals surface area contributed by atoms with Crippen LogP contribution in [0.25, 0.3) is 34.3 Å². The van der Waals surface area contributed by atoms with E-state index in [9.17, 15) is 4.79 Å². The molecular formula is C23H22N6O2. The van der Waals surface area contributed by atoms with Crippen molar-refractivity contribution < 1.29 is 9.21 Å². The molecule has 2 aromatic heterocycles. The molecular weight excluding hydrogens is 392 g/mol. The van der Waals surface area contributed by atoms with Crippen LogP contribution in [0.4, 0.5) is 0 Å². The van der Waals surface area contributed by atoms with Gasteiger partial charge in [0.25, 0.3) is 11.8 Å². The fraction of sp³-hybridized carbons (Fsp3) is 0.174. The number of aryl methyl sites for hydroxylation is 1. The van der Waals surface area contributed by atoms with Gasteiger partial charge in [-0.1, -0.05) is 24.3 Å². The number of rotatable bonds is 6. The van der Waals surface area contributed by atoms with Crippen LogP contribution in [-0.4, -0.2) is 40.2 Å². The number of carbonyl (C=O) groups is 1. The molecule has 8 nitrogen and oxygen atoms in total. The van der Waals surface area contributed by atoms with Gasteiger partial charge in [-0.3, -0.25) is 9.78 Å². The number of nitrogens with zero attached hydrogens (tertiary/aromatic N) is 4. The SMILES string of the molecule is CNCc1ccc(-c2nnc(-c3nc(-c4ccc(C(=O)NC)cc4)cnc3C)o2)cc1. The molecule has 0 saturated heterocycles. The molecule has 0 bridgehead atoms. The molecule has 0 aliphatic carbocycles. The lowest BCUT2D eigenvalue weighted by Gasteiger charge is -2.06. The van der Waals surface area contributed by atoms with E-state index in [1.54, 1.807) is 25.4 Å². The Bertz CT molecular complexity index is 1200. The van der Waals surface area contributed by atoms with Gasteiger partial charge in [-0.15, -0.1) is 10.2 Å². The maximum atomic E-state index is 11.7. The summed E-state index contributed by atoms with van der Waals surface area (Å²) in [5.74, 6) is 0.593. The molecule has 0 aliphatic rings. The van der Waals surface area contributed by atoms with E-state index < -0.39 is 0 Å². The number of hydrogen-bond acceptors (Lipinski definition) is 7. The molecule has 1 amide bonds. The third-order valence-corrected chi connectivity index (χ3v) is 4.83. The lowest BCUT2D eigenvalue weighted by Crippen LogP contribution is -2.17. The summed E-state index contributed by atoms with van der Waals surface area (Å²) < 4.78 is 5.90. The van der Waals surface area contributed by atoms with Crippen molar-refractivity contribution in [3.05, 3.63) is 71.5 Å². The smallest absolute Gasteiger partial charge is 0.268 e. The average molecular weight is 414 g/mol. The summed E-state index contributed by atoms with van der Waals surface area (Å²) in [7, 11) is 3.51. The zero-order chi connectivity index (χ0) is 21.8. The van der Waals surface area contributed by atoms with Crippen LogP contribution >= 0.6 is 0 Å². The number of aromatic nitrogens is 4. The van der Waals surface area contributed by atoms with E-state index in [1.165, 1.54) is 5.56 Å². The standard InChI is InChI=1S/C23H22N6O2/c1-14-20(23-29-28-22(31-23)18-6-4-15(5-7-18)12-24-2)27-19(13-26-14)16-8-10-17(11-9-16)21(30)25-3/h4-11,13,24H,12H2,1-3H3,(H,25,30). The Morgan fingerprint density at radius 3 is 2.29 bits per heavy atom. The number of amides is 1. The van der Waals surface area contributed by atoms with Gasteiger partial charge in [-0.2, -0.15) is 0 Å². The summed E-state index contributed by atoms with van der Waals surface area (Å²) in [6.07, 6.45) is 1.69. The van der Waals surface area contributed by atoms with Gasteiger partial charge in [-0.05, 0) is 43.8 Å². The molecule has 0 fully saturated rings. The Morgan fingerprint density at radius 2 is 1.61 bits per heavy atom. The molecule has 0 atom stereocenters. The van der Waals surface area contributed by atoms with Crippen molar-refractivity contribution in [2.75, 3.05) is 14.1 Å². The van der Waals surface area contributed by atoms with Gasteiger partial charge < -0.3 is 15.1 Å². The largest absolute Gasteiger partial charge is 0.415 e. The predicted octanol–water partition coefficient (Wildman–Crippen LogP) is 3.25. The van der Waals surface area contributed by atoms with Crippen LogP contribution in [0.15, 0.2) is 59.1 Å². The Labute approximate surface area is 179 Å². The number of benzene rings is 2. The van der Waals surface area contributed by atoms with Crippen molar-refractivity contribution in [2.45, 2.75) is 13.5 Å². The Hall–Kier alpha value is -3.91. The van der Waals surface area contributed by atoms with Gasteiger partial charge in [0.1, 0.15) is 5.69 Å². The summed E-state index contributed by atoms with van der Waals surface area (Å²) in [5.41, 5.74) is 5.28. The van der Waals surface area contributed by atoms with E-state index in [4.69, 9.17) is 4.42 Å². The highest BCUT2D eigenvalue weighted by atomic mass is 16.4.